The summed E-state index contributed by atoms with van der Waals surface area (Å²) in [5, 5.41) is 0. The third-order valence-electron chi connectivity index (χ3n) is 3.32. The smallest absolute Gasteiger partial charge is 0.142 e. The molecule has 91 valence electrons. The molecular weight excluding hydrogens is 220 g/mol. The van der Waals surface area contributed by atoms with Crippen LogP contribution in [0, 0.1) is 6.67 Å². The van der Waals surface area contributed by atoms with Crippen LogP contribution in [-0.2, 0) is 6.54 Å². The summed E-state index contributed by atoms with van der Waals surface area (Å²) in [5.41, 5.74) is 3.93. The molecule has 2 aromatic rings. The van der Waals surface area contributed by atoms with Crippen LogP contribution >= 0.6 is 0 Å². The van der Waals surface area contributed by atoms with Gasteiger partial charge in [0.2, 0.25) is 0 Å². The molecule has 0 atom stereocenters. The fourth-order valence-corrected chi connectivity index (χ4v) is 2.40. The van der Waals surface area contributed by atoms with E-state index in [0.29, 0.717) is 0 Å². The lowest BCUT2D eigenvalue weighted by Gasteiger charge is -2.19. The summed E-state index contributed by atoms with van der Waals surface area (Å²) < 4.78 is 0. The van der Waals surface area contributed by atoms with Crippen molar-refractivity contribution in [2.75, 3.05) is 16.3 Å². The van der Waals surface area contributed by atoms with E-state index < -0.39 is 0 Å². The van der Waals surface area contributed by atoms with Gasteiger partial charge in [0.05, 0.1) is 11.4 Å². The maximum absolute atomic E-state index is 2.31. The van der Waals surface area contributed by atoms with Gasteiger partial charge in [-0.2, -0.15) is 0 Å². The van der Waals surface area contributed by atoms with Gasteiger partial charge in [0.15, 0.2) is 0 Å². The Morgan fingerprint density at radius 1 is 0.778 bits per heavy atom. The number of benzene rings is 2. The number of hydrogen-bond donors (Lipinski definition) is 0. The van der Waals surface area contributed by atoms with Crippen molar-refractivity contribution < 1.29 is 0 Å². The van der Waals surface area contributed by atoms with E-state index >= 15 is 0 Å². The molecule has 0 N–H and O–H groups in total. The highest BCUT2D eigenvalue weighted by molar-refractivity contribution is 5.78. The van der Waals surface area contributed by atoms with Gasteiger partial charge in [0, 0.05) is 13.1 Å². The van der Waals surface area contributed by atoms with Gasteiger partial charge in [-0.05, 0) is 24.6 Å². The van der Waals surface area contributed by atoms with Crippen LogP contribution in [0.25, 0.3) is 0 Å². The summed E-state index contributed by atoms with van der Waals surface area (Å²) in [6, 6.07) is 19.2. The molecule has 0 saturated carbocycles. The molecule has 1 heterocycles. The highest BCUT2D eigenvalue weighted by Crippen LogP contribution is 2.38. The van der Waals surface area contributed by atoms with Crippen molar-refractivity contribution in [1.29, 1.82) is 0 Å². The zero-order valence-corrected chi connectivity index (χ0v) is 10.6. The van der Waals surface area contributed by atoms with Gasteiger partial charge in [-0.1, -0.05) is 42.5 Å². The molecule has 0 bridgehead atoms. The largest absolute Gasteiger partial charge is 0.346 e. The van der Waals surface area contributed by atoms with Crippen molar-refractivity contribution in [3.8, 4) is 0 Å². The second kappa shape index (κ2) is 4.73. The molecular formula is C16H17N2. The van der Waals surface area contributed by atoms with E-state index in [4.69, 9.17) is 0 Å². The number of anilines is 2. The maximum Gasteiger partial charge on any atom is 0.142 e. The SMILES string of the molecule is CCN1[CH]N(Cc2ccccc2)c2ccccc21. The normalized spacial score (nSPS) is 13.8. The highest BCUT2D eigenvalue weighted by Gasteiger charge is 2.24. The summed E-state index contributed by atoms with van der Waals surface area (Å²) in [5.74, 6) is 0. The second-order valence-electron chi connectivity index (χ2n) is 4.50. The van der Waals surface area contributed by atoms with Crippen LogP contribution in [0.4, 0.5) is 11.4 Å². The number of hydrogen-bond acceptors (Lipinski definition) is 2. The predicted octanol–water partition coefficient (Wildman–Crippen LogP) is 3.65. The molecule has 1 radical (unpaired) electrons. The summed E-state index contributed by atoms with van der Waals surface area (Å²) in [6.07, 6.45) is 0. The number of para-hydroxylation sites is 2. The van der Waals surface area contributed by atoms with Gasteiger partial charge in [-0.3, -0.25) is 0 Å². The molecule has 2 aromatic carbocycles. The lowest BCUT2D eigenvalue weighted by Crippen LogP contribution is -2.24. The van der Waals surface area contributed by atoms with E-state index in [1.54, 1.807) is 0 Å². The Hall–Kier alpha value is -1.96. The fraction of sp³-hybridized carbons (Fsp3) is 0.188. The Bertz CT molecular complexity index is 522. The van der Waals surface area contributed by atoms with Gasteiger partial charge in [-0.15, -0.1) is 0 Å². The molecule has 0 unspecified atom stereocenters. The van der Waals surface area contributed by atoms with E-state index in [1.807, 2.05) is 0 Å². The van der Waals surface area contributed by atoms with Crippen LogP contribution < -0.4 is 9.80 Å². The monoisotopic (exact) mass is 237 g/mol. The van der Waals surface area contributed by atoms with Gasteiger partial charge >= 0.3 is 0 Å². The first kappa shape index (κ1) is 11.1. The Labute approximate surface area is 108 Å². The second-order valence-corrected chi connectivity index (χ2v) is 4.50. The molecule has 0 fully saturated rings. The van der Waals surface area contributed by atoms with Crippen LogP contribution in [0.1, 0.15) is 12.5 Å². The van der Waals surface area contributed by atoms with Gasteiger partial charge in [0.25, 0.3) is 0 Å². The van der Waals surface area contributed by atoms with Crippen molar-refractivity contribution in [2.45, 2.75) is 13.5 Å². The average Bonchev–Trinajstić information content (AvgIpc) is 2.78. The molecule has 2 heteroatoms. The number of fused-ring (bicyclic) bond motifs is 1. The third-order valence-corrected chi connectivity index (χ3v) is 3.32. The summed E-state index contributed by atoms with van der Waals surface area (Å²) in [7, 11) is 0. The van der Waals surface area contributed by atoms with E-state index in [2.05, 4.69) is 78.0 Å². The molecule has 2 nitrogen and oxygen atoms in total. The van der Waals surface area contributed by atoms with Crippen LogP contribution in [0.15, 0.2) is 54.6 Å². The first-order valence-corrected chi connectivity index (χ1v) is 6.39. The van der Waals surface area contributed by atoms with Crippen molar-refractivity contribution in [2.24, 2.45) is 0 Å². The van der Waals surface area contributed by atoms with Crippen LogP contribution in [0.3, 0.4) is 0 Å². The molecule has 0 saturated heterocycles. The zero-order valence-electron chi connectivity index (χ0n) is 10.6. The fourth-order valence-electron chi connectivity index (χ4n) is 2.40. The van der Waals surface area contributed by atoms with E-state index in [1.165, 1.54) is 16.9 Å². The van der Waals surface area contributed by atoms with Crippen molar-refractivity contribution >= 4 is 11.4 Å². The average molecular weight is 237 g/mol. The van der Waals surface area contributed by atoms with Crippen LogP contribution in [0.5, 0.6) is 0 Å². The standard InChI is InChI=1S/C16H17N2/c1-2-17-13-18(12-14-8-4-3-5-9-14)16-11-7-6-10-15(16)17/h3-11,13H,2,12H2,1H3. The Kier molecular flexibility index (Phi) is 2.93. The van der Waals surface area contributed by atoms with E-state index in [0.717, 1.165) is 13.1 Å². The lowest BCUT2D eigenvalue weighted by molar-refractivity contribution is 0.868. The predicted molar refractivity (Wildman–Crippen MR) is 76.4 cm³/mol. The van der Waals surface area contributed by atoms with Gasteiger partial charge in [0.1, 0.15) is 6.67 Å². The Morgan fingerprint density at radius 2 is 1.39 bits per heavy atom. The first-order chi connectivity index (χ1) is 8.88. The van der Waals surface area contributed by atoms with Crippen molar-refractivity contribution in [1.82, 2.24) is 0 Å². The van der Waals surface area contributed by atoms with Crippen molar-refractivity contribution in [3.63, 3.8) is 0 Å². The lowest BCUT2D eigenvalue weighted by atomic mass is 10.2. The molecule has 3 rings (SSSR count). The van der Waals surface area contributed by atoms with Crippen LogP contribution in [-0.4, -0.2) is 6.54 Å². The first-order valence-electron chi connectivity index (χ1n) is 6.39. The van der Waals surface area contributed by atoms with E-state index in [-0.39, 0.29) is 0 Å². The Morgan fingerprint density at radius 3 is 2.06 bits per heavy atom. The summed E-state index contributed by atoms with van der Waals surface area (Å²) >= 11 is 0. The van der Waals surface area contributed by atoms with Gasteiger partial charge < -0.3 is 9.80 Å². The molecule has 1 aliphatic heterocycles. The molecule has 0 aliphatic carbocycles. The highest BCUT2D eigenvalue weighted by atomic mass is 15.4. The minimum atomic E-state index is 0.925. The third kappa shape index (κ3) is 1.94. The summed E-state index contributed by atoms with van der Waals surface area (Å²) in [4.78, 5) is 4.60. The van der Waals surface area contributed by atoms with E-state index in [9.17, 15) is 0 Å². The Balaban J connectivity index is 1.87. The number of nitrogens with zero attached hydrogens (tertiary/aromatic N) is 2. The zero-order chi connectivity index (χ0) is 12.4. The number of rotatable bonds is 3. The summed E-state index contributed by atoms with van der Waals surface area (Å²) in [6.45, 7) is 6.31. The van der Waals surface area contributed by atoms with Crippen LogP contribution in [0.2, 0.25) is 0 Å². The topological polar surface area (TPSA) is 6.48 Å². The van der Waals surface area contributed by atoms with Gasteiger partial charge in [-0.25, -0.2) is 0 Å². The molecule has 0 aromatic heterocycles. The van der Waals surface area contributed by atoms with Crippen molar-refractivity contribution in [3.05, 3.63) is 66.8 Å². The quantitative estimate of drug-likeness (QED) is 0.804. The minimum Gasteiger partial charge on any atom is -0.346 e. The minimum absolute atomic E-state index is 0.925. The maximum atomic E-state index is 2.31. The molecule has 0 spiro atoms. The molecule has 0 amide bonds. The molecule has 1 aliphatic rings. The molecule has 18 heavy (non-hydrogen) atoms.